The highest BCUT2D eigenvalue weighted by atomic mass is 16.5. The number of ether oxygens (including phenoxy) is 1. The molecule has 1 aromatic carbocycles. The average molecular weight is 290 g/mol. The quantitative estimate of drug-likeness (QED) is 0.811. The minimum Gasteiger partial charge on any atom is -0.484 e. The summed E-state index contributed by atoms with van der Waals surface area (Å²) in [5.74, 6) is 1.85. The van der Waals surface area contributed by atoms with Crippen molar-refractivity contribution in [3.8, 4) is 5.75 Å². The fourth-order valence-electron chi connectivity index (χ4n) is 3.22. The third kappa shape index (κ3) is 4.46. The molecule has 1 saturated carbocycles. The zero-order valence-corrected chi connectivity index (χ0v) is 13.0. The van der Waals surface area contributed by atoms with Gasteiger partial charge in [0, 0.05) is 12.6 Å². The van der Waals surface area contributed by atoms with Gasteiger partial charge < -0.3 is 15.8 Å². The molecule has 0 bridgehead atoms. The first kappa shape index (κ1) is 15.8. The van der Waals surface area contributed by atoms with Crippen molar-refractivity contribution in [3.63, 3.8) is 0 Å². The van der Waals surface area contributed by atoms with Gasteiger partial charge in [-0.1, -0.05) is 32.4 Å². The lowest BCUT2D eigenvalue weighted by molar-refractivity contribution is -0.119. The summed E-state index contributed by atoms with van der Waals surface area (Å²) >= 11 is 0. The monoisotopic (exact) mass is 290 g/mol. The number of hydrogen-bond acceptors (Lipinski definition) is 3. The highest BCUT2D eigenvalue weighted by molar-refractivity contribution is 5.75. The highest BCUT2D eigenvalue weighted by Crippen LogP contribution is 2.33. The molecule has 4 nitrogen and oxygen atoms in total. The molecule has 1 aliphatic carbocycles. The number of carbonyl (C=O) groups is 1. The van der Waals surface area contributed by atoms with Gasteiger partial charge in [-0.3, -0.25) is 4.79 Å². The molecule has 0 aliphatic heterocycles. The average Bonchev–Trinajstić information content (AvgIpc) is 2.84. The summed E-state index contributed by atoms with van der Waals surface area (Å²) in [4.78, 5) is 10.7. The van der Waals surface area contributed by atoms with Gasteiger partial charge in [0.15, 0.2) is 6.61 Å². The van der Waals surface area contributed by atoms with E-state index < -0.39 is 5.91 Å². The highest BCUT2D eigenvalue weighted by Gasteiger charge is 2.30. The van der Waals surface area contributed by atoms with Crippen LogP contribution in [0.3, 0.4) is 0 Å². The second-order valence-electron chi connectivity index (χ2n) is 5.99. The van der Waals surface area contributed by atoms with Crippen molar-refractivity contribution < 1.29 is 9.53 Å². The van der Waals surface area contributed by atoms with Crippen molar-refractivity contribution >= 4 is 5.91 Å². The molecule has 1 aromatic rings. The third-order valence-electron chi connectivity index (χ3n) is 4.62. The predicted octanol–water partition coefficient (Wildman–Crippen LogP) is 2.46. The van der Waals surface area contributed by atoms with Gasteiger partial charge in [0.2, 0.25) is 0 Å². The van der Waals surface area contributed by atoms with Gasteiger partial charge in [-0.25, -0.2) is 0 Å². The zero-order valence-electron chi connectivity index (χ0n) is 13.0. The lowest BCUT2D eigenvalue weighted by atomic mass is 9.93. The molecule has 0 radical (unpaired) electrons. The smallest absolute Gasteiger partial charge is 0.255 e. The van der Waals surface area contributed by atoms with Crippen LogP contribution in [0.5, 0.6) is 5.75 Å². The number of primary amides is 1. The van der Waals surface area contributed by atoms with E-state index in [9.17, 15) is 4.79 Å². The second kappa shape index (κ2) is 7.46. The Kier molecular flexibility index (Phi) is 5.62. The van der Waals surface area contributed by atoms with E-state index in [0.29, 0.717) is 11.8 Å². The lowest BCUT2D eigenvalue weighted by Crippen LogP contribution is -2.32. The van der Waals surface area contributed by atoms with Gasteiger partial charge in [0.05, 0.1) is 0 Å². The van der Waals surface area contributed by atoms with Gasteiger partial charge in [-0.2, -0.15) is 0 Å². The summed E-state index contributed by atoms with van der Waals surface area (Å²) in [6, 6.07) is 8.45. The van der Waals surface area contributed by atoms with Crippen molar-refractivity contribution in [2.45, 2.75) is 45.7 Å². The van der Waals surface area contributed by atoms with Crippen LogP contribution in [0, 0.1) is 11.8 Å². The molecule has 1 aliphatic rings. The summed E-state index contributed by atoms with van der Waals surface area (Å²) in [6.07, 6.45) is 3.90. The van der Waals surface area contributed by atoms with E-state index in [1.54, 1.807) is 0 Å². The number of nitrogens with two attached hydrogens (primary N) is 1. The van der Waals surface area contributed by atoms with Crippen LogP contribution in [0.25, 0.3) is 0 Å². The van der Waals surface area contributed by atoms with E-state index in [1.807, 2.05) is 24.3 Å². The van der Waals surface area contributed by atoms with Crippen molar-refractivity contribution in [2.75, 3.05) is 6.61 Å². The molecule has 0 saturated heterocycles. The van der Waals surface area contributed by atoms with E-state index in [4.69, 9.17) is 10.5 Å². The van der Waals surface area contributed by atoms with Crippen molar-refractivity contribution in [1.82, 2.24) is 5.32 Å². The van der Waals surface area contributed by atoms with Crippen LogP contribution in [-0.4, -0.2) is 18.6 Å². The van der Waals surface area contributed by atoms with Crippen LogP contribution in [0.15, 0.2) is 24.3 Å². The topological polar surface area (TPSA) is 64.3 Å². The van der Waals surface area contributed by atoms with Gasteiger partial charge in [0.1, 0.15) is 5.75 Å². The first-order chi connectivity index (χ1) is 10.1. The summed E-state index contributed by atoms with van der Waals surface area (Å²) < 4.78 is 5.25. The van der Waals surface area contributed by atoms with E-state index in [-0.39, 0.29) is 6.61 Å². The number of amides is 1. The number of benzene rings is 1. The van der Waals surface area contributed by atoms with Crippen LogP contribution >= 0.6 is 0 Å². The number of rotatable bonds is 7. The van der Waals surface area contributed by atoms with Gasteiger partial charge in [0.25, 0.3) is 5.91 Å². The van der Waals surface area contributed by atoms with Crippen LogP contribution in [0.2, 0.25) is 0 Å². The molecule has 1 fully saturated rings. The number of hydrogen-bond donors (Lipinski definition) is 2. The fraction of sp³-hybridized carbons (Fsp3) is 0.588. The Hall–Kier alpha value is -1.55. The van der Waals surface area contributed by atoms with Crippen LogP contribution in [-0.2, 0) is 11.3 Å². The van der Waals surface area contributed by atoms with E-state index in [1.165, 1.54) is 24.8 Å². The minimum absolute atomic E-state index is 0.0738. The summed E-state index contributed by atoms with van der Waals surface area (Å²) in [5, 5.41) is 3.67. The normalized spacial score (nSPS) is 25.0. The molecule has 3 N–H and O–H groups in total. The summed E-state index contributed by atoms with van der Waals surface area (Å²) in [5.41, 5.74) is 6.28. The fourth-order valence-corrected chi connectivity index (χ4v) is 3.22. The van der Waals surface area contributed by atoms with Crippen LogP contribution in [0.1, 0.15) is 38.7 Å². The first-order valence-corrected chi connectivity index (χ1v) is 7.83. The maximum Gasteiger partial charge on any atom is 0.255 e. The lowest BCUT2D eigenvalue weighted by Gasteiger charge is -2.21. The van der Waals surface area contributed by atoms with Gasteiger partial charge in [-0.05, 0) is 42.4 Å². The van der Waals surface area contributed by atoms with Crippen molar-refractivity contribution in [1.29, 1.82) is 0 Å². The van der Waals surface area contributed by atoms with E-state index >= 15 is 0 Å². The minimum atomic E-state index is -0.457. The molecule has 2 rings (SSSR count). The molecule has 1 amide bonds. The molecule has 116 valence electrons. The molecule has 3 unspecified atom stereocenters. The van der Waals surface area contributed by atoms with Gasteiger partial charge >= 0.3 is 0 Å². The number of carbonyl (C=O) groups excluding carboxylic acids is 1. The molecule has 3 atom stereocenters. The molecule has 0 aromatic heterocycles. The Bertz CT molecular complexity index is 458. The third-order valence-corrected chi connectivity index (χ3v) is 4.62. The predicted molar refractivity (Wildman–Crippen MR) is 83.9 cm³/mol. The Balaban J connectivity index is 1.80. The Labute approximate surface area is 127 Å². The maximum atomic E-state index is 10.7. The zero-order chi connectivity index (χ0) is 15.2. The Morgan fingerprint density at radius 2 is 2.05 bits per heavy atom. The largest absolute Gasteiger partial charge is 0.484 e. The Morgan fingerprint density at radius 1 is 1.33 bits per heavy atom. The van der Waals surface area contributed by atoms with E-state index in [0.717, 1.165) is 18.4 Å². The Morgan fingerprint density at radius 3 is 2.62 bits per heavy atom. The molecule has 0 heterocycles. The number of nitrogens with one attached hydrogen (secondary N) is 1. The summed E-state index contributed by atoms with van der Waals surface area (Å²) in [7, 11) is 0. The first-order valence-electron chi connectivity index (χ1n) is 7.83. The van der Waals surface area contributed by atoms with Crippen molar-refractivity contribution in [3.05, 3.63) is 29.8 Å². The van der Waals surface area contributed by atoms with Crippen LogP contribution in [0.4, 0.5) is 0 Å². The second-order valence-corrected chi connectivity index (χ2v) is 5.99. The molecule has 0 spiro atoms. The summed E-state index contributed by atoms with van der Waals surface area (Å²) in [6.45, 7) is 5.45. The SMILES string of the molecule is CCC1CCC(NCc2ccc(OCC(N)=O)cc2)C1C. The molecule has 21 heavy (non-hydrogen) atoms. The molecular formula is C17H26N2O2. The standard InChI is InChI=1S/C17H26N2O2/c1-3-14-6-9-16(12(14)2)19-10-13-4-7-15(8-5-13)21-11-17(18)20/h4-5,7-8,12,14,16,19H,3,6,9-11H2,1-2H3,(H2,18,20). The van der Waals surface area contributed by atoms with Gasteiger partial charge in [-0.15, -0.1) is 0 Å². The van der Waals surface area contributed by atoms with Crippen LogP contribution < -0.4 is 15.8 Å². The maximum absolute atomic E-state index is 10.7. The van der Waals surface area contributed by atoms with Crippen molar-refractivity contribution in [2.24, 2.45) is 17.6 Å². The van der Waals surface area contributed by atoms with E-state index in [2.05, 4.69) is 19.2 Å². The molecule has 4 heteroatoms. The molecular weight excluding hydrogens is 264 g/mol.